The molecule has 33 heavy (non-hydrogen) atoms. The van der Waals surface area contributed by atoms with E-state index in [9.17, 15) is 9.59 Å². The molecule has 0 radical (unpaired) electrons. The van der Waals surface area contributed by atoms with Crippen LogP contribution in [0, 0.1) is 6.92 Å². The van der Waals surface area contributed by atoms with Crippen molar-refractivity contribution < 1.29 is 14.3 Å². The third kappa shape index (κ3) is 5.60. The Kier molecular flexibility index (Phi) is 7.08. The van der Waals surface area contributed by atoms with E-state index in [4.69, 9.17) is 9.47 Å². The zero-order chi connectivity index (χ0) is 23.4. The minimum Gasteiger partial charge on any atom is -0.483 e. The summed E-state index contributed by atoms with van der Waals surface area (Å²) in [5, 5.41) is 0.530. The molecule has 4 rings (SSSR count). The minimum absolute atomic E-state index is 0.0219. The number of amides is 1. The molecule has 1 saturated heterocycles. The first-order valence-electron chi connectivity index (χ1n) is 11.5. The Labute approximate surface area is 193 Å². The standard InChI is InChI=1S/C26H31N3O4/c1-17(2)20-11-10-18(3)13-23(20)33-16-25(30)29(14-19-7-6-12-32-19)15-24-27-22-9-5-4-8-21(22)26(31)28-24/h4-5,8-11,13,17,19H,6-7,12,14-16H2,1-3H3,(H,27,28,31)/t19-/m0/s1. The Morgan fingerprint density at radius 1 is 1.27 bits per heavy atom. The minimum atomic E-state index is -0.210. The number of nitrogens with one attached hydrogen (secondary N) is 1. The monoisotopic (exact) mass is 449 g/mol. The molecule has 3 aromatic rings. The lowest BCUT2D eigenvalue weighted by atomic mass is 10.0. The highest BCUT2D eigenvalue weighted by Crippen LogP contribution is 2.27. The van der Waals surface area contributed by atoms with Crippen molar-refractivity contribution >= 4 is 16.8 Å². The van der Waals surface area contributed by atoms with E-state index in [1.54, 1.807) is 23.1 Å². The van der Waals surface area contributed by atoms with Crippen molar-refractivity contribution in [3.05, 3.63) is 69.8 Å². The van der Waals surface area contributed by atoms with Crippen LogP contribution >= 0.6 is 0 Å². The van der Waals surface area contributed by atoms with Gasteiger partial charge in [-0.15, -0.1) is 0 Å². The SMILES string of the molecule is Cc1ccc(C(C)C)c(OCC(=O)N(Cc2nc3ccccc3c(=O)[nH]2)C[C@@H]2CCCO2)c1. The van der Waals surface area contributed by atoms with Crippen molar-refractivity contribution in [3.8, 4) is 5.75 Å². The maximum atomic E-state index is 13.2. The summed E-state index contributed by atoms with van der Waals surface area (Å²) < 4.78 is 11.8. The van der Waals surface area contributed by atoms with E-state index in [2.05, 4.69) is 29.9 Å². The number of hydrogen-bond acceptors (Lipinski definition) is 5. The number of ether oxygens (including phenoxy) is 2. The molecule has 0 saturated carbocycles. The van der Waals surface area contributed by atoms with Gasteiger partial charge in [0, 0.05) is 13.2 Å². The number of aromatic amines is 1. The van der Waals surface area contributed by atoms with Crippen molar-refractivity contribution in [2.45, 2.75) is 52.2 Å². The summed E-state index contributed by atoms with van der Waals surface area (Å²) in [6.07, 6.45) is 1.86. The lowest BCUT2D eigenvalue weighted by Crippen LogP contribution is -2.40. The Hall–Kier alpha value is -3.19. The molecule has 1 atom stereocenters. The van der Waals surface area contributed by atoms with Crippen molar-refractivity contribution in [3.63, 3.8) is 0 Å². The summed E-state index contributed by atoms with van der Waals surface area (Å²) in [5.74, 6) is 1.29. The van der Waals surface area contributed by atoms with Gasteiger partial charge in [0.15, 0.2) is 6.61 Å². The van der Waals surface area contributed by atoms with E-state index < -0.39 is 0 Å². The van der Waals surface area contributed by atoms with Crippen molar-refractivity contribution in [2.75, 3.05) is 19.8 Å². The molecule has 1 amide bonds. The Balaban J connectivity index is 1.54. The number of rotatable bonds is 8. The lowest BCUT2D eigenvalue weighted by molar-refractivity contribution is -0.135. The summed E-state index contributed by atoms with van der Waals surface area (Å²) in [7, 11) is 0. The third-order valence-corrected chi connectivity index (χ3v) is 5.95. The largest absolute Gasteiger partial charge is 0.483 e. The molecule has 1 aromatic heterocycles. The summed E-state index contributed by atoms with van der Waals surface area (Å²) in [6.45, 7) is 7.44. The highest BCUT2D eigenvalue weighted by atomic mass is 16.5. The molecule has 7 heteroatoms. The zero-order valence-corrected chi connectivity index (χ0v) is 19.5. The van der Waals surface area contributed by atoms with Crippen LogP contribution in [0.25, 0.3) is 10.9 Å². The van der Waals surface area contributed by atoms with Gasteiger partial charge in [0.25, 0.3) is 11.5 Å². The van der Waals surface area contributed by atoms with E-state index in [-0.39, 0.29) is 36.6 Å². The van der Waals surface area contributed by atoms with Gasteiger partial charge in [-0.1, -0.05) is 38.1 Å². The number of carbonyl (C=O) groups excluding carboxylic acids is 1. The molecular formula is C26H31N3O4. The van der Waals surface area contributed by atoms with Gasteiger partial charge < -0.3 is 19.4 Å². The second kappa shape index (κ2) is 10.2. The molecule has 174 valence electrons. The second-order valence-corrected chi connectivity index (χ2v) is 8.92. The summed E-state index contributed by atoms with van der Waals surface area (Å²) >= 11 is 0. The van der Waals surface area contributed by atoms with Crippen LogP contribution in [0.3, 0.4) is 0 Å². The average Bonchev–Trinajstić information content (AvgIpc) is 3.30. The van der Waals surface area contributed by atoms with Crippen LogP contribution in [0.1, 0.15) is 49.6 Å². The molecule has 1 fully saturated rings. The number of fused-ring (bicyclic) bond motifs is 1. The molecule has 0 spiro atoms. The number of hydrogen-bond donors (Lipinski definition) is 1. The molecule has 7 nitrogen and oxygen atoms in total. The molecular weight excluding hydrogens is 418 g/mol. The van der Waals surface area contributed by atoms with Crippen molar-refractivity contribution in [1.29, 1.82) is 0 Å². The van der Waals surface area contributed by atoms with E-state index in [0.29, 0.717) is 29.9 Å². The maximum Gasteiger partial charge on any atom is 0.261 e. The van der Waals surface area contributed by atoms with Gasteiger partial charge in [-0.25, -0.2) is 4.98 Å². The highest BCUT2D eigenvalue weighted by molar-refractivity contribution is 5.78. The first-order valence-corrected chi connectivity index (χ1v) is 11.5. The maximum absolute atomic E-state index is 13.2. The average molecular weight is 450 g/mol. The number of carbonyl (C=O) groups is 1. The fourth-order valence-corrected chi connectivity index (χ4v) is 4.15. The molecule has 1 N–H and O–H groups in total. The summed E-state index contributed by atoms with van der Waals surface area (Å²) in [6, 6.07) is 13.3. The molecule has 2 heterocycles. The van der Waals surface area contributed by atoms with Crippen LogP contribution in [-0.4, -0.2) is 46.6 Å². The Bertz CT molecular complexity index is 1180. The fourth-order valence-electron chi connectivity index (χ4n) is 4.15. The molecule has 1 aliphatic heterocycles. The predicted molar refractivity (Wildman–Crippen MR) is 128 cm³/mol. The molecule has 0 unspecified atom stereocenters. The first kappa shape index (κ1) is 23.0. The molecule has 0 bridgehead atoms. The van der Waals surface area contributed by atoms with Gasteiger partial charge >= 0.3 is 0 Å². The quantitative estimate of drug-likeness (QED) is 0.563. The fraction of sp³-hybridized carbons (Fsp3) is 0.423. The van der Waals surface area contributed by atoms with E-state index in [0.717, 1.165) is 29.7 Å². The van der Waals surface area contributed by atoms with Gasteiger partial charge in [-0.05, 0) is 55.0 Å². The number of H-pyrrole nitrogens is 1. The van der Waals surface area contributed by atoms with E-state index >= 15 is 0 Å². The number of para-hydroxylation sites is 1. The Morgan fingerprint density at radius 3 is 2.85 bits per heavy atom. The number of nitrogens with zero attached hydrogens (tertiary/aromatic N) is 2. The number of benzene rings is 2. The van der Waals surface area contributed by atoms with Crippen LogP contribution < -0.4 is 10.3 Å². The number of aryl methyl sites for hydroxylation is 1. The van der Waals surface area contributed by atoms with Gasteiger partial charge in [0.1, 0.15) is 11.6 Å². The van der Waals surface area contributed by atoms with Gasteiger partial charge in [-0.2, -0.15) is 0 Å². The van der Waals surface area contributed by atoms with Crippen LogP contribution in [-0.2, 0) is 16.1 Å². The van der Waals surface area contributed by atoms with Crippen molar-refractivity contribution in [2.24, 2.45) is 0 Å². The highest BCUT2D eigenvalue weighted by Gasteiger charge is 2.24. The topological polar surface area (TPSA) is 84.5 Å². The van der Waals surface area contributed by atoms with Crippen LogP contribution in [0.15, 0.2) is 47.3 Å². The van der Waals surface area contributed by atoms with Gasteiger partial charge in [0.2, 0.25) is 0 Å². The van der Waals surface area contributed by atoms with E-state index in [1.165, 1.54) is 0 Å². The van der Waals surface area contributed by atoms with Crippen molar-refractivity contribution in [1.82, 2.24) is 14.9 Å². The second-order valence-electron chi connectivity index (χ2n) is 8.92. The zero-order valence-electron chi connectivity index (χ0n) is 19.5. The van der Waals surface area contributed by atoms with Crippen LogP contribution in [0.4, 0.5) is 0 Å². The third-order valence-electron chi connectivity index (χ3n) is 5.95. The molecule has 2 aromatic carbocycles. The lowest BCUT2D eigenvalue weighted by Gasteiger charge is -2.25. The van der Waals surface area contributed by atoms with Crippen LogP contribution in [0.2, 0.25) is 0 Å². The normalized spacial score (nSPS) is 15.8. The summed E-state index contributed by atoms with van der Waals surface area (Å²) in [5.41, 5.74) is 2.55. The van der Waals surface area contributed by atoms with Gasteiger partial charge in [-0.3, -0.25) is 9.59 Å². The smallest absolute Gasteiger partial charge is 0.261 e. The first-order chi connectivity index (χ1) is 15.9. The van der Waals surface area contributed by atoms with Gasteiger partial charge in [0.05, 0.1) is 23.6 Å². The predicted octanol–water partition coefficient (Wildman–Crippen LogP) is 3.94. The molecule has 0 aliphatic carbocycles. The van der Waals surface area contributed by atoms with E-state index in [1.807, 2.05) is 25.1 Å². The summed E-state index contributed by atoms with van der Waals surface area (Å²) in [4.78, 5) is 34.8. The molecule has 1 aliphatic rings. The number of aromatic nitrogens is 2. The Morgan fingerprint density at radius 2 is 2.09 bits per heavy atom. The van der Waals surface area contributed by atoms with Crippen LogP contribution in [0.5, 0.6) is 5.75 Å².